The van der Waals surface area contributed by atoms with Gasteiger partial charge in [-0.15, -0.1) is 0 Å². The maximum absolute atomic E-state index is 4.39. The zero-order chi connectivity index (χ0) is 19.5. The van der Waals surface area contributed by atoms with Crippen LogP contribution in [0.25, 0.3) is 0 Å². The molecule has 3 unspecified atom stereocenters. The van der Waals surface area contributed by atoms with E-state index in [1.54, 1.807) is 0 Å². The second-order valence-electron chi connectivity index (χ2n) is 8.36. The molecule has 1 heteroatoms. The fraction of sp³-hybridized carbons (Fsp3) is 0.520. The number of hydrogen-bond donors (Lipinski definition) is 1. The predicted octanol–water partition coefficient (Wildman–Crippen LogP) is 6.84. The van der Waals surface area contributed by atoms with E-state index in [9.17, 15) is 0 Å². The van der Waals surface area contributed by atoms with Gasteiger partial charge in [-0.25, -0.2) is 0 Å². The van der Waals surface area contributed by atoms with Gasteiger partial charge in [-0.1, -0.05) is 80.0 Å². The average molecular weight is 352 g/mol. The highest BCUT2D eigenvalue weighted by molar-refractivity contribution is 5.41. The normalized spacial score (nSPS) is 26.0. The summed E-state index contributed by atoms with van der Waals surface area (Å²) in [5.74, 6) is 1.11. The van der Waals surface area contributed by atoms with Crippen molar-refractivity contribution in [3.63, 3.8) is 0 Å². The molecule has 142 valence electrons. The van der Waals surface area contributed by atoms with Gasteiger partial charge in [0, 0.05) is 18.2 Å². The van der Waals surface area contributed by atoms with Crippen LogP contribution in [0.15, 0.2) is 53.8 Å². The third kappa shape index (κ3) is 4.31. The van der Waals surface area contributed by atoms with Crippen molar-refractivity contribution < 1.29 is 0 Å². The first-order valence-corrected chi connectivity index (χ1v) is 10.1. The van der Waals surface area contributed by atoms with Crippen LogP contribution in [0, 0.1) is 25.2 Å². The Balaban J connectivity index is 2.05. The zero-order valence-electron chi connectivity index (χ0n) is 17.9. The summed E-state index contributed by atoms with van der Waals surface area (Å²) in [4.78, 5) is 0. The second-order valence-corrected chi connectivity index (χ2v) is 8.36. The third-order valence-electron chi connectivity index (χ3n) is 6.40. The monoisotopic (exact) mass is 351 g/mol. The molecular weight excluding hydrogens is 314 g/mol. The van der Waals surface area contributed by atoms with Gasteiger partial charge in [0.1, 0.15) is 0 Å². The number of nitrogens with one attached hydrogen (secondary N) is 1. The number of aryl methyl sites for hydroxylation is 2. The molecule has 2 rings (SSSR count). The van der Waals surface area contributed by atoms with Crippen molar-refractivity contribution in [2.24, 2.45) is 11.3 Å². The number of rotatable bonds is 8. The Bertz CT molecular complexity index is 701. The minimum absolute atomic E-state index is 0.322. The van der Waals surface area contributed by atoms with E-state index in [4.69, 9.17) is 0 Å². The summed E-state index contributed by atoms with van der Waals surface area (Å²) < 4.78 is 0. The lowest BCUT2D eigenvalue weighted by molar-refractivity contribution is 0.491. The molecule has 1 aliphatic rings. The van der Waals surface area contributed by atoms with Crippen molar-refractivity contribution in [1.82, 2.24) is 5.32 Å². The van der Waals surface area contributed by atoms with Crippen LogP contribution in [0.5, 0.6) is 0 Å². The van der Waals surface area contributed by atoms with Crippen LogP contribution in [0.3, 0.4) is 0 Å². The SMILES string of the molecule is C=C(NC/C=C\C(C)=C(/C)CC)C1C(c2cc(C)cc(C)c2)C1(C)CC. The van der Waals surface area contributed by atoms with E-state index in [2.05, 4.69) is 90.7 Å². The van der Waals surface area contributed by atoms with Gasteiger partial charge in [0.15, 0.2) is 0 Å². The van der Waals surface area contributed by atoms with E-state index in [1.165, 1.54) is 40.0 Å². The molecule has 1 aromatic rings. The molecule has 0 spiro atoms. The average Bonchev–Trinajstić information content (AvgIpc) is 3.23. The Kier molecular flexibility index (Phi) is 6.55. The zero-order valence-corrected chi connectivity index (χ0v) is 17.9. The number of benzene rings is 1. The van der Waals surface area contributed by atoms with E-state index in [-0.39, 0.29) is 0 Å². The maximum atomic E-state index is 4.39. The van der Waals surface area contributed by atoms with Crippen molar-refractivity contribution in [3.05, 3.63) is 70.5 Å². The van der Waals surface area contributed by atoms with Crippen LogP contribution in [-0.2, 0) is 0 Å². The van der Waals surface area contributed by atoms with Crippen molar-refractivity contribution in [3.8, 4) is 0 Å². The first-order chi connectivity index (χ1) is 12.2. The smallest absolute Gasteiger partial charge is 0.0330 e. The number of hydrogen-bond acceptors (Lipinski definition) is 1. The van der Waals surface area contributed by atoms with Gasteiger partial charge in [0.2, 0.25) is 0 Å². The lowest BCUT2D eigenvalue weighted by Crippen LogP contribution is -2.16. The molecule has 1 nitrogen and oxygen atoms in total. The summed E-state index contributed by atoms with van der Waals surface area (Å²) in [5, 5.41) is 3.57. The van der Waals surface area contributed by atoms with Crippen LogP contribution in [0.1, 0.15) is 70.1 Å². The lowest BCUT2D eigenvalue weighted by Gasteiger charge is -2.11. The Morgan fingerprint density at radius 3 is 2.31 bits per heavy atom. The summed E-state index contributed by atoms with van der Waals surface area (Å²) >= 11 is 0. The molecule has 1 aliphatic carbocycles. The molecule has 1 aromatic carbocycles. The van der Waals surface area contributed by atoms with Crippen molar-refractivity contribution >= 4 is 0 Å². The fourth-order valence-corrected chi connectivity index (χ4v) is 4.32. The minimum Gasteiger partial charge on any atom is -0.385 e. The van der Waals surface area contributed by atoms with Crippen LogP contribution < -0.4 is 5.32 Å². The van der Waals surface area contributed by atoms with Crippen molar-refractivity contribution in [2.75, 3.05) is 6.54 Å². The van der Waals surface area contributed by atoms with E-state index < -0.39 is 0 Å². The third-order valence-corrected chi connectivity index (χ3v) is 6.40. The molecule has 0 saturated heterocycles. The molecule has 26 heavy (non-hydrogen) atoms. The molecule has 0 heterocycles. The Morgan fingerprint density at radius 2 is 1.77 bits per heavy atom. The van der Waals surface area contributed by atoms with Gasteiger partial charge in [-0.05, 0) is 57.4 Å². The van der Waals surface area contributed by atoms with E-state index in [0.717, 1.165) is 13.0 Å². The van der Waals surface area contributed by atoms with E-state index in [0.29, 0.717) is 17.3 Å². The topological polar surface area (TPSA) is 12.0 Å². The Morgan fingerprint density at radius 1 is 1.15 bits per heavy atom. The molecule has 0 aliphatic heterocycles. The second kappa shape index (κ2) is 8.29. The highest BCUT2D eigenvalue weighted by Crippen LogP contribution is 2.68. The van der Waals surface area contributed by atoms with Gasteiger partial charge in [0.05, 0.1) is 0 Å². The highest BCUT2D eigenvalue weighted by atomic mass is 14.9. The van der Waals surface area contributed by atoms with Gasteiger partial charge < -0.3 is 5.32 Å². The van der Waals surface area contributed by atoms with Gasteiger partial charge in [0.25, 0.3) is 0 Å². The van der Waals surface area contributed by atoms with Gasteiger partial charge >= 0.3 is 0 Å². The minimum atomic E-state index is 0.322. The van der Waals surface area contributed by atoms with Crippen LogP contribution in [0.4, 0.5) is 0 Å². The summed E-state index contributed by atoms with van der Waals surface area (Å²) in [6.07, 6.45) is 6.75. The molecule has 1 saturated carbocycles. The Hall–Kier alpha value is -1.76. The van der Waals surface area contributed by atoms with Gasteiger partial charge in [-0.2, -0.15) is 0 Å². The highest BCUT2D eigenvalue weighted by Gasteiger charge is 2.61. The number of allylic oxidation sites excluding steroid dienone is 4. The van der Waals surface area contributed by atoms with Crippen molar-refractivity contribution in [1.29, 1.82) is 0 Å². The summed E-state index contributed by atoms with van der Waals surface area (Å²) in [6, 6.07) is 6.98. The molecule has 0 bridgehead atoms. The quantitative estimate of drug-likeness (QED) is 0.506. The molecule has 0 amide bonds. The first-order valence-electron chi connectivity index (χ1n) is 10.1. The maximum Gasteiger partial charge on any atom is 0.0330 e. The lowest BCUT2D eigenvalue weighted by atomic mass is 9.96. The predicted molar refractivity (Wildman–Crippen MR) is 115 cm³/mol. The van der Waals surface area contributed by atoms with Crippen LogP contribution in [-0.4, -0.2) is 6.54 Å². The molecule has 1 N–H and O–H groups in total. The van der Waals surface area contributed by atoms with E-state index >= 15 is 0 Å². The summed E-state index contributed by atoms with van der Waals surface area (Å²) in [6.45, 7) is 21.0. The van der Waals surface area contributed by atoms with Crippen LogP contribution in [0.2, 0.25) is 0 Å². The van der Waals surface area contributed by atoms with E-state index in [1.807, 2.05) is 0 Å². The molecule has 3 atom stereocenters. The van der Waals surface area contributed by atoms with Crippen molar-refractivity contribution in [2.45, 2.75) is 67.2 Å². The summed E-state index contributed by atoms with van der Waals surface area (Å²) in [5.41, 5.74) is 8.54. The summed E-state index contributed by atoms with van der Waals surface area (Å²) in [7, 11) is 0. The first kappa shape index (κ1) is 20.6. The fourth-order valence-electron chi connectivity index (χ4n) is 4.32. The molecule has 1 fully saturated rings. The molecule has 0 aromatic heterocycles. The molecule has 0 radical (unpaired) electrons. The van der Waals surface area contributed by atoms with Gasteiger partial charge in [-0.3, -0.25) is 0 Å². The van der Waals surface area contributed by atoms with Crippen LogP contribution >= 0.6 is 0 Å². The standard InChI is InChI=1S/C25H37N/c1-9-19(5)20(6)12-11-13-26-21(7)23-24(25(23,8)10-2)22-15-17(3)14-18(4)16-22/h11-12,14-16,23-24,26H,7,9-10,13H2,1-6,8H3/b12-11-,20-19+. The molecular formula is C25H37N. The largest absolute Gasteiger partial charge is 0.385 e. The Labute approximate surface area is 161 Å².